The summed E-state index contributed by atoms with van der Waals surface area (Å²) in [4.78, 5) is 23.8. The summed E-state index contributed by atoms with van der Waals surface area (Å²) >= 11 is 0. The van der Waals surface area contributed by atoms with Crippen LogP contribution in [-0.2, 0) is 14.8 Å². The smallest absolute Gasteiger partial charge is 0.406 e. The zero-order valence-electron chi connectivity index (χ0n) is 16.9. The first-order chi connectivity index (χ1) is 15.5. The zero-order valence-corrected chi connectivity index (χ0v) is 17.8. The van der Waals surface area contributed by atoms with Crippen LogP contribution in [0.4, 0.5) is 18.9 Å². The molecule has 2 aromatic carbocycles. The van der Waals surface area contributed by atoms with E-state index in [0.717, 1.165) is 28.6 Å². The lowest BCUT2D eigenvalue weighted by Crippen LogP contribution is -2.50. The number of carbonyl (C=O) groups is 1. The predicted octanol–water partition coefficient (Wildman–Crippen LogP) is 3.04. The number of alkyl halides is 3. The fourth-order valence-corrected chi connectivity index (χ4v) is 4.51. The van der Waals surface area contributed by atoms with Crippen molar-refractivity contribution in [1.29, 1.82) is 0 Å². The minimum absolute atomic E-state index is 0.0141. The number of carbonyl (C=O) groups excluding carboxylic acids is 1. The van der Waals surface area contributed by atoms with Gasteiger partial charge in [0.25, 0.3) is 5.69 Å². The number of benzene rings is 2. The third-order valence-electron chi connectivity index (χ3n) is 4.77. The van der Waals surface area contributed by atoms with E-state index in [4.69, 9.17) is 0 Å². The van der Waals surface area contributed by atoms with Crippen molar-refractivity contribution in [3.8, 4) is 5.75 Å². The highest BCUT2D eigenvalue weighted by Crippen LogP contribution is 2.25. The molecule has 1 amide bonds. The van der Waals surface area contributed by atoms with Crippen molar-refractivity contribution in [2.75, 3.05) is 26.2 Å². The monoisotopic (exact) mass is 485 g/mol. The van der Waals surface area contributed by atoms with E-state index in [-0.39, 0.29) is 42.7 Å². The molecular weight excluding hydrogens is 467 g/mol. The third kappa shape index (κ3) is 6.29. The van der Waals surface area contributed by atoms with Crippen LogP contribution in [0.1, 0.15) is 5.56 Å². The van der Waals surface area contributed by atoms with Crippen LogP contribution in [0.2, 0.25) is 0 Å². The second kappa shape index (κ2) is 9.58. The molecule has 9 nitrogen and oxygen atoms in total. The van der Waals surface area contributed by atoms with Crippen molar-refractivity contribution in [2.45, 2.75) is 11.3 Å². The van der Waals surface area contributed by atoms with Crippen LogP contribution in [0.25, 0.3) is 6.08 Å². The van der Waals surface area contributed by atoms with Crippen LogP contribution in [0.5, 0.6) is 5.75 Å². The van der Waals surface area contributed by atoms with Gasteiger partial charge in [0.1, 0.15) is 5.75 Å². The van der Waals surface area contributed by atoms with Crippen LogP contribution in [-0.4, -0.2) is 61.0 Å². The van der Waals surface area contributed by atoms with E-state index >= 15 is 0 Å². The Morgan fingerprint density at radius 2 is 1.58 bits per heavy atom. The molecule has 0 unspecified atom stereocenters. The number of piperazine rings is 1. The normalized spacial score (nSPS) is 15.5. The molecule has 0 aliphatic carbocycles. The minimum atomic E-state index is -4.88. The average molecular weight is 485 g/mol. The molecule has 0 aromatic heterocycles. The molecule has 0 N–H and O–H groups in total. The lowest BCUT2D eigenvalue weighted by molar-refractivity contribution is -0.384. The quantitative estimate of drug-likeness (QED) is 0.353. The van der Waals surface area contributed by atoms with Crippen LogP contribution >= 0.6 is 0 Å². The number of nitro groups is 1. The van der Waals surface area contributed by atoms with Gasteiger partial charge < -0.3 is 9.64 Å². The van der Waals surface area contributed by atoms with Crippen LogP contribution in [0.3, 0.4) is 0 Å². The number of halogens is 3. The lowest BCUT2D eigenvalue weighted by Gasteiger charge is -2.33. The number of amides is 1. The summed E-state index contributed by atoms with van der Waals surface area (Å²) in [6.45, 7) is 0.274. The summed E-state index contributed by atoms with van der Waals surface area (Å²) in [5, 5.41) is 10.7. The van der Waals surface area contributed by atoms with Gasteiger partial charge in [-0.1, -0.05) is 0 Å². The molecule has 33 heavy (non-hydrogen) atoms. The molecule has 1 heterocycles. The second-order valence-corrected chi connectivity index (χ2v) is 8.87. The summed E-state index contributed by atoms with van der Waals surface area (Å²) in [5.41, 5.74) is 0.520. The summed E-state index contributed by atoms with van der Waals surface area (Å²) in [7, 11) is -3.95. The van der Waals surface area contributed by atoms with E-state index in [9.17, 15) is 36.5 Å². The molecule has 1 fully saturated rings. The zero-order chi connectivity index (χ0) is 24.2. The Balaban J connectivity index is 1.58. The number of non-ortho nitro benzene ring substituents is 1. The van der Waals surface area contributed by atoms with Crippen LogP contribution in [0, 0.1) is 10.1 Å². The topological polar surface area (TPSA) is 110 Å². The van der Waals surface area contributed by atoms with E-state index in [0.29, 0.717) is 5.56 Å². The number of hydrogen-bond donors (Lipinski definition) is 0. The first-order valence-corrected chi connectivity index (χ1v) is 11.0. The van der Waals surface area contributed by atoms with Crippen molar-refractivity contribution >= 4 is 27.7 Å². The van der Waals surface area contributed by atoms with Gasteiger partial charge in [-0.05, 0) is 48.0 Å². The first-order valence-electron chi connectivity index (χ1n) is 9.53. The third-order valence-corrected chi connectivity index (χ3v) is 6.68. The highest BCUT2D eigenvalue weighted by atomic mass is 32.2. The van der Waals surface area contributed by atoms with Gasteiger partial charge >= 0.3 is 6.36 Å². The van der Waals surface area contributed by atoms with E-state index in [1.54, 1.807) is 0 Å². The number of sulfonamides is 1. The van der Waals surface area contributed by atoms with Gasteiger partial charge in [0.15, 0.2) is 0 Å². The molecule has 13 heteroatoms. The van der Waals surface area contributed by atoms with Gasteiger partial charge in [-0.25, -0.2) is 8.42 Å². The largest absolute Gasteiger partial charge is 0.573 e. The van der Waals surface area contributed by atoms with Gasteiger partial charge in [-0.2, -0.15) is 4.31 Å². The van der Waals surface area contributed by atoms with Crippen molar-refractivity contribution in [3.63, 3.8) is 0 Å². The highest BCUT2D eigenvalue weighted by Gasteiger charge is 2.32. The lowest BCUT2D eigenvalue weighted by atomic mass is 10.2. The minimum Gasteiger partial charge on any atom is -0.406 e. The van der Waals surface area contributed by atoms with E-state index in [1.165, 1.54) is 41.3 Å². The molecule has 2 aromatic rings. The Morgan fingerprint density at radius 1 is 1.00 bits per heavy atom. The molecule has 3 rings (SSSR count). The standard InChI is InChI=1S/C20H18F3N3O6S/c21-20(22,23)32-17-6-8-18(9-7-17)33(30,31)25-13-11-24(12-14-25)19(27)10-3-15-1-4-16(5-2-15)26(28)29/h1-10H,11-14H2/b10-3+. The van der Waals surface area contributed by atoms with Crippen molar-refractivity contribution < 1.29 is 36.0 Å². The molecule has 0 bridgehead atoms. The molecule has 1 aliphatic rings. The maximum absolute atomic E-state index is 12.7. The first kappa shape index (κ1) is 24.2. The Labute approximate surface area is 186 Å². The fourth-order valence-electron chi connectivity index (χ4n) is 3.09. The molecule has 1 aliphatic heterocycles. The van der Waals surface area contributed by atoms with E-state index in [2.05, 4.69) is 4.74 Å². The molecule has 1 saturated heterocycles. The summed E-state index contributed by atoms with van der Waals surface area (Å²) < 4.78 is 67.1. The van der Waals surface area contributed by atoms with Gasteiger partial charge in [0.05, 0.1) is 9.82 Å². The summed E-state index contributed by atoms with van der Waals surface area (Å²) in [6.07, 6.45) is -2.08. The maximum Gasteiger partial charge on any atom is 0.573 e. The summed E-state index contributed by atoms with van der Waals surface area (Å²) in [5.74, 6) is -0.879. The number of nitro benzene ring substituents is 1. The molecular formula is C20H18F3N3O6S. The van der Waals surface area contributed by atoms with Crippen molar-refractivity contribution in [3.05, 3.63) is 70.3 Å². The summed E-state index contributed by atoms with van der Waals surface area (Å²) in [6, 6.07) is 9.52. The molecule has 0 saturated carbocycles. The van der Waals surface area contributed by atoms with Gasteiger partial charge in [-0.15, -0.1) is 13.2 Å². The Hall–Kier alpha value is -3.45. The van der Waals surface area contributed by atoms with E-state index in [1.807, 2.05) is 0 Å². The highest BCUT2D eigenvalue weighted by molar-refractivity contribution is 7.89. The second-order valence-electron chi connectivity index (χ2n) is 6.93. The number of ether oxygens (including phenoxy) is 1. The maximum atomic E-state index is 12.7. The Bertz CT molecular complexity index is 1140. The predicted molar refractivity (Wildman–Crippen MR) is 111 cm³/mol. The molecule has 0 atom stereocenters. The van der Waals surface area contributed by atoms with Crippen LogP contribution < -0.4 is 4.74 Å². The van der Waals surface area contributed by atoms with Gasteiger partial charge in [-0.3, -0.25) is 14.9 Å². The Morgan fingerprint density at radius 3 is 2.09 bits per heavy atom. The SMILES string of the molecule is O=C(/C=C/c1ccc([N+](=O)[O-])cc1)N1CCN(S(=O)(=O)c2ccc(OC(F)(F)F)cc2)CC1. The van der Waals surface area contributed by atoms with E-state index < -0.39 is 27.1 Å². The van der Waals surface area contributed by atoms with Gasteiger partial charge in [0.2, 0.25) is 15.9 Å². The Kier molecular flexibility index (Phi) is 7.03. The number of rotatable bonds is 6. The molecule has 0 radical (unpaired) electrons. The average Bonchev–Trinajstić information content (AvgIpc) is 2.77. The number of hydrogen-bond acceptors (Lipinski definition) is 6. The molecule has 176 valence electrons. The van der Waals surface area contributed by atoms with Crippen LogP contribution in [0.15, 0.2) is 59.5 Å². The van der Waals surface area contributed by atoms with Crippen molar-refractivity contribution in [2.24, 2.45) is 0 Å². The molecule has 0 spiro atoms. The fraction of sp³-hybridized carbons (Fsp3) is 0.250. The number of nitrogens with zero attached hydrogens (tertiary/aromatic N) is 3. The van der Waals surface area contributed by atoms with Crippen molar-refractivity contribution in [1.82, 2.24) is 9.21 Å². The van der Waals surface area contributed by atoms with Gasteiger partial charge in [0, 0.05) is 44.4 Å².